The quantitative estimate of drug-likeness (QED) is 0.643. The van der Waals surface area contributed by atoms with E-state index in [1.165, 1.54) is 0 Å². The number of nitrogens with zero attached hydrogens (tertiary/aromatic N) is 2. The van der Waals surface area contributed by atoms with Crippen molar-refractivity contribution in [2.24, 2.45) is 0 Å². The third-order valence-electron chi connectivity index (χ3n) is 2.66. The number of aromatic nitrogens is 3. The van der Waals surface area contributed by atoms with Crippen LogP contribution in [0.3, 0.4) is 0 Å². The Morgan fingerprint density at radius 3 is 2.52 bits per heavy atom. The van der Waals surface area contributed by atoms with Crippen LogP contribution < -0.4 is 5.56 Å². The number of benzene rings is 1. The Kier molecular flexibility index (Phi) is 4.55. The predicted molar refractivity (Wildman–Crippen MR) is 73.1 cm³/mol. The molecule has 1 aromatic heterocycles. The van der Waals surface area contributed by atoms with Gasteiger partial charge < -0.3 is 4.74 Å². The molecule has 0 aliphatic heterocycles. The van der Waals surface area contributed by atoms with Crippen molar-refractivity contribution in [1.29, 1.82) is 0 Å². The van der Waals surface area contributed by atoms with Crippen LogP contribution in [0.25, 0.3) is 0 Å². The SMILES string of the molecule is CCOC(=O)c1nnc(CC(=O)c2ccccc2)c(=O)[nH]1. The van der Waals surface area contributed by atoms with Crippen LogP contribution in [0.1, 0.15) is 33.6 Å². The zero-order chi connectivity index (χ0) is 15.2. The molecule has 2 aromatic rings. The van der Waals surface area contributed by atoms with Gasteiger partial charge in [0.1, 0.15) is 5.69 Å². The number of aromatic amines is 1. The van der Waals surface area contributed by atoms with Crippen LogP contribution in [0, 0.1) is 0 Å². The summed E-state index contributed by atoms with van der Waals surface area (Å²) in [5, 5.41) is 7.20. The molecule has 0 radical (unpaired) electrons. The fraction of sp³-hybridized carbons (Fsp3) is 0.214. The molecule has 108 valence electrons. The van der Waals surface area contributed by atoms with E-state index in [9.17, 15) is 14.4 Å². The second kappa shape index (κ2) is 6.56. The number of ether oxygens (including phenoxy) is 1. The summed E-state index contributed by atoms with van der Waals surface area (Å²) in [6, 6.07) is 8.55. The van der Waals surface area contributed by atoms with Crippen molar-refractivity contribution in [3.8, 4) is 0 Å². The Balaban J connectivity index is 2.17. The Labute approximate surface area is 120 Å². The second-order valence-corrected chi connectivity index (χ2v) is 4.14. The van der Waals surface area contributed by atoms with Crippen molar-refractivity contribution in [3.63, 3.8) is 0 Å². The van der Waals surface area contributed by atoms with Crippen LogP contribution in [0.2, 0.25) is 0 Å². The minimum Gasteiger partial charge on any atom is -0.460 e. The van der Waals surface area contributed by atoms with E-state index in [4.69, 9.17) is 4.74 Å². The molecule has 1 aromatic carbocycles. The lowest BCUT2D eigenvalue weighted by Crippen LogP contribution is -2.24. The van der Waals surface area contributed by atoms with Gasteiger partial charge in [0.05, 0.1) is 13.0 Å². The van der Waals surface area contributed by atoms with Crippen LogP contribution in [0.4, 0.5) is 0 Å². The molecule has 2 rings (SSSR count). The lowest BCUT2D eigenvalue weighted by Gasteiger charge is -2.02. The van der Waals surface area contributed by atoms with Crippen molar-refractivity contribution in [1.82, 2.24) is 15.2 Å². The summed E-state index contributed by atoms with van der Waals surface area (Å²) in [6.07, 6.45) is -0.185. The summed E-state index contributed by atoms with van der Waals surface area (Å²) in [5.74, 6) is -1.29. The first kappa shape index (κ1) is 14.6. The third-order valence-corrected chi connectivity index (χ3v) is 2.66. The van der Waals surface area contributed by atoms with Gasteiger partial charge in [0.25, 0.3) is 5.56 Å². The number of H-pyrrole nitrogens is 1. The monoisotopic (exact) mass is 287 g/mol. The zero-order valence-electron chi connectivity index (χ0n) is 11.3. The van der Waals surface area contributed by atoms with E-state index in [2.05, 4.69) is 15.2 Å². The number of carbonyl (C=O) groups is 2. The first-order valence-corrected chi connectivity index (χ1v) is 6.33. The Morgan fingerprint density at radius 1 is 1.19 bits per heavy atom. The Hall–Kier alpha value is -2.83. The smallest absolute Gasteiger partial charge is 0.376 e. The molecule has 1 heterocycles. The van der Waals surface area contributed by atoms with E-state index in [0.717, 1.165) is 0 Å². The molecule has 1 N–H and O–H groups in total. The van der Waals surface area contributed by atoms with Gasteiger partial charge in [0.15, 0.2) is 5.78 Å². The summed E-state index contributed by atoms with van der Waals surface area (Å²) in [5.41, 5.74) is -0.192. The largest absolute Gasteiger partial charge is 0.460 e. The van der Waals surface area contributed by atoms with Crippen molar-refractivity contribution >= 4 is 11.8 Å². The number of esters is 1. The standard InChI is InChI=1S/C14H13N3O4/c1-2-21-14(20)12-15-13(19)10(16-17-12)8-11(18)9-6-4-3-5-7-9/h3-7H,2,8H2,1H3,(H,15,17,19). The molecule has 21 heavy (non-hydrogen) atoms. The lowest BCUT2D eigenvalue weighted by atomic mass is 10.1. The van der Waals surface area contributed by atoms with Crippen LogP contribution in [0.15, 0.2) is 35.1 Å². The van der Waals surface area contributed by atoms with E-state index >= 15 is 0 Å². The highest BCUT2D eigenvalue weighted by atomic mass is 16.5. The van der Waals surface area contributed by atoms with Gasteiger partial charge in [0.2, 0.25) is 5.82 Å². The summed E-state index contributed by atoms with van der Waals surface area (Å²) in [4.78, 5) is 37.4. The van der Waals surface area contributed by atoms with Gasteiger partial charge in [-0.15, -0.1) is 10.2 Å². The van der Waals surface area contributed by atoms with Crippen LogP contribution in [-0.2, 0) is 11.2 Å². The molecule has 0 unspecified atom stereocenters. The normalized spacial score (nSPS) is 10.1. The van der Waals surface area contributed by atoms with E-state index in [1.54, 1.807) is 37.3 Å². The van der Waals surface area contributed by atoms with Crippen molar-refractivity contribution < 1.29 is 14.3 Å². The molecular formula is C14H13N3O4. The first-order valence-electron chi connectivity index (χ1n) is 6.33. The van der Waals surface area contributed by atoms with Gasteiger partial charge >= 0.3 is 5.97 Å². The Morgan fingerprint density at radius 2 is 1.90 bits per heavy atom. The fourth-order valence-corrected chi connectivity index (χ4v) is 1.65. The molecule has 0 saturated carbocycles. The van der Waals surface area contributed by atoms with E-state index < -0.39 is 11.5 Å². The molecule has 7 heteroatoms. The molecule has 0 aliphatic rings. The summed E-state index contributed by atoms with van der Waals surface area (Å²) in [7, 11) is 0. The topological polar surface area (TPSA) is 102 Å². The maximum atomic E-state index is 12.0. The number of hydrogen-bond donors (Lipinski definition) is 1. The maximum absolute atomic E-state index is 12.0. The number of rotatable bonds is 5. The lowest BCUT2D eigenvalue weighted by molar-refractivity contribution is 0.0509. The van der Waals surface area contributed by atoms with E-state index in [1.807, 2.05) is 0 Å². The number of hydrogen-bond acceptors (Lipinski definition) is 6. The average Bonchev–Trinajstić information content (AvgIpc) is 2.50. The summed E-state index contributed by atoms with van der Waals surface area (Å²) < 4.78 is 4.69. The maximum Gasteiger partial charge on any atom is 0.376 e. The highest BCUT2D eigenvalue weighted by molar-refractivity contribution is 5.97. The molecule has 0 spiro atoms. The van der Waals surface area contributed by atoms with Crippen LogP contribution in [-0.4, -0.2) is 33.5 Å². The van der Waals surface area contributed by atoms with Gasteiger partial charge in [-0.25, -0.2) is 4.79 Å². The molecule has 0 saturated heterocycles. The van der Waals surface area contributed by atoms with Crippen molar-refractivity contribution in [2.75, 3.05) is 6.61 Å². The first-order chi connectivity index (χ1) is 10.1. The average molecular weight is 287 g/mol. The van der Waals surface area contributed by atoms with Crippen LogP contribution in [0.5, 0.6) is 0 Å². The van der Waals surface area contributed by atoms with Crippen LogP contribution >= 0.6 is 0 Å². The van der Waals surface area contributed by atoms with Gasteiger partial charge in [-0.3, -0.25) is 14.6 Å². The number of carbonyl (C=O) groups excluding carboxylic acids is 2. The van der Waals surface area contributed by atoms with E-state index in [0.29, 0.717) is 5.56 Å². The number of Topliss-reactive ketones (excluding diaryl/α,β-unsaturated/α-hetero) is 1. The molecule has 0 amide bonds. The van der Waals surface area contributed by atoms with Crippen molar-refractivity contribution in [2.45, 2.75) is 13.3 Å². The molecule has 0 aliphatic carbocycles. The van der Waals surface area contributed by atoms with Crippen molar-refractivity contribution in [3.05, 3.63) is 57.8 Å². The van der Waals surface area contributed by atoms with E-state index in [-0.39, 0.29) is 30.3 Å². The minimum atomic E-state index is -0.761. The summed E-state index contributed by atoms with van der Waals surface area (Å²) >= 11 is 0. The number of ketones is 1. The van der Waals surface area contributed by atoms with Gasteiger partial charge in [0, 0.05) is 5.56 Å². The number of nitrogens with one attached hydrogen (secondary N) is 1. The fourth-order valence-electron chi connectivity index (χ4n) is 1.65. The highest BCUT2D eigenvalue weighted by Crippen LogP contribution is 2.03. The summed E-state index contributed by atoms with van der Waals surface area (Å²) in [6.45, 7) is 1.80. The van der Waals surface area contributed by atoms with Gasteiger partial charge in [-0.1, -0.05) is 30.3 Å². The Bertz CT molecular complexity index is 710. The molecular weight excluding hydrogens is 274 g/mol. The minimum absolute atomic E-state index is 0.0445. The molecule has 7 nitrogen and oxygen atoms in total. The van der Waals surface area contributed by atoms with Gasteiger partial charge in [-0.05, 0) is 6.92 Å². The molecule has 0 atom stereocenters. The molecule has 0 bridgehead atoms. The highest BCUT2D eigenvalue weighted by Gasteiger charge is 2.15. The molecule has 0 fully saturated rings. The zero-order valence-corrected chi connectivity index (χ0v) is 11.3. The predicted octanol–water partition coefficient (Wildman–Crippen LogP) is 0.767. The third kappa shape index (κ3) is 3.59. The second-order valence-electron chi connectivity index (χ2n) is 4.14. The van der Waals surface area contributed by atoms with Gasteiger partial charge in [-0.2, -0.15) is 0 Å².